The Hall–Kier alpha value is -1.78. The van der Waals surface area contributed by atoms with Crippen LogP contribution in [-0.2, 0) is 4.74 Å². The SMILES string of the molecule is CCCN(CCC)c1ccc(NC(=O)OCC)nc1. The Morgan fingerprint density at radius 2 is 1.95 bits per heavy atom. The first-order valence-corrected chi connectivity index (χ1v) is 6.86. The second kappa shape index (κ2) is 8.34. The number of nitrogens with one attached hydrogen (secondary N) is 1. The summed E-state index contributed by atoms with van der Waals surface area (Å²) in [6, 6.07) is 3.77. The van der Waals surface area contributed by atoms with Crippen LogP contribution in [0.2, 0.25) is 0 Å². The van der Waals surface area contributed by atoms with E-state index in [1.807, 2.05) is 6.07 Å². The minimum absolute atomic E-state index is 0.352. The molecule has 0 bridgehead atoms. The molecule has 5 heteroatoms. The van der Waals surface area contributed by atoms with E-state index in [4.69, 9.17) is 4.74 Å². The van der Waals surface area contributed by atoms with Crippen LogP contribution in [0.5, 0.6) is 0 Å². The summed E-state index contributed by atoms with van der Waals surface area (Å²) in [7, 11) is 0. The Balaban J connectivity index is 2.65. The van der Waals surface area contributed by atoms with E-state index in [0.29, 0.717) is 12.4 Å². The molecule has 1 aromatic rings. The zero-order valence-electron chi connectivity index (χ0n) is 12.0. The van der Waals surface area contributed by atoms with E-state index in [-0.39, 0.29) is 0 Å². The summed E-state index contributed by atoms with van der Waals surface area (Å²) < 4.78 is 4.80. The third-order valence-electron chi connectivity index (χ3n) is 2.61. The van der Waals surface area contributed by atoms with E-state index in [9.17, 15) is 4.79 Å². The maximum atomic E-state index is 11.3. The van der Waals surface area contributed by atoms with Crippen molar-refractivity contribution in [3.05, 3.63) is 18.3 Å². The van der Waals surface area contributed by atoms with Crippen LogP contribution in [-0.4, -0.2) is 30.8 Å². The largest absolute Gasteiger partial charge is 0.450 e. The van der Waals surface area contributed by atoms with Crippen LogP contribution in [0.1, 0.15) is 33.6 Å². The fourth-order valence-electron chi connectivity index (χ4n) is 1.83. The van der Waals surface area contributed by atoms with Crippen LogP contribution in [0.15, 0.2) is 18.3 Å². The highest BCUT2D eigenvalue weighted by atomic mass is 16.5. The Bertz CT molecular complexity index is 373. The molecule has 0 radical (unpaired) electrons. The van der Waals surface area contributed by atoms with Gasteiger partial charge in [0.2, 0.25) is 0 Å². The van der Waals surface area contributed by atoms with Gasteiger partial charge in [-0.3, -0.25) is 5.32 Å². The first kappa shape index (κ1) is 15.3. The number of amides is 1. The monoisotopic (exact) mass is 265 g/mol. The van der Waals surface area contributed by atoms with Crippen LogP contribution < -0.4 is 10.2 Å². The van der Waals surface area contributed by atoms with E-state index in [1.165, 1.54) is 0 Å². The lowest BCUT2D eigenvalue weighted by atomic mass is 10.3. The third kappa shape index (κ3) is 5.16. The predicted molar refractivity (Wildman–Crippen MR) is 77.7 cm³/mol. The lowest BCUT2D eigenvalue weighted by Gasteiger charge is -2.23. The van der Waals surface area contributed by atoms with E-state index in [0.717, 1.165) is 31.6 Å². The van der Waals surface area contributed by atoms with Gasteiger partial charge in [0.05, 0.1) is 18.5 Å². The summed E-state index contributed by atoms with van der Waals surface area (Å²) >= 11 is 0. The second-order valence-electron chi connectivity index (χ2n) is 4.23. The second-order valence-corrected chi connectivity index (χ2v) is 4.23. The van der Waals surface area contributed by atoms with Crippen molar-refractivity contribution in [2.24, 2.45) is 0 Å². The summed E-state index contributed by atoms with van der Waals surface area (Å²) in [4.78, 5) is 17.8. The normalized spacial score (nSPS) is 10.1. The standard InChI is InChI=1S/C14H23N3O2/c1-4-9-17(10-5-2)12-7-8-13(15-11-12)16-14(18)19-6-3/h7-8,11H,4-6,9-10H2,1-3H3,(H,15,16,18). The van der Waals surface area contributed by atoms with Gasteiger partial charge in [0.25, 0.3) is 0 Å². The van der Waals surface area contributed by atoms with Gasteiger partial charge in [-0.15, -0.1) is 0 Å². The van der Waals surface area contributed by atoms with Crippen molar-refractivity contribution < 1.29 is 9.53 Å². The van der Waals surface area contributed by atoms with Crippen molar-refractivity contribution in [3.63, 3.8) is 0 Å². The predicted octanol–water partition coefficient (Wildman–Crippen LogP) is 3.28. The van der Waals surface area contributed by atoms with Gasteiger partial charge in [-0.2, -0.15) is 0 Å². The minimum Gasteiger partial charge on any atom is -0.450 e. The number of rotatable bonds is 7. The fourth-order valence-corrected chi connectivity index (χ4v) is 1.83. The minimum atomic E-state index is -0.471. The molecule has 0 aliphatic heterocycles. The number of pyridine rings is 1. The van der Waals surface area contributed by atoms with Gasteiger partial charge in [0.1, 0.15) is 5.82 Å². The van der Waals surface area contributed by atoms with E-state index < -0.39 is 6.09 Å². The molecule has 0 atom stereocenters. The van der Waals surface area contributed by atoms with Crippen LogP contribution in [0.4, 0.5) is 16.3 Å². The van der Waals surface area contributed by atoms with Gasteiger partial charge in [-0.1, -0.05) is 13.8 Å². The average molecular weight is 265 g/mol. The Labute approximate surface area is 115 Å². The van der Waals surface area contributed by atoms with Crippen molar-refractivity contribution in [3.8, 4) is 0 Å². The highest BCUT2D eigenvalue weighted by Gasteiger charge is 2.06. The van der Waals surface area contributed by atoms with Crippen molar-refractivity contribution in [1.29, 1.82) is 0 Å². The molecule has 5 nitrogen and oxygen atoms in total. The molecular formula is C14H23N3O2. The van der Waals surface area contributed by atoms with Crippen molar-refractivity contribution >= 4 is 17.6 Å². The number of nitrogens with zero attached hydrogens (tertiary/aromatic N) is 2. The smallest absolute Gasteiger partial charge is 0.412 e. The van der Waals surface area contributed by atoms with Crippen molar-refractivity contribution in [1.82, 2.24) is 4.98 Å². The van der Waals surface area contributed by atoms with E-state index in [1.54, 1.807) is 19.2 Å². The molecule has 1 N–H and O–H groups in total. The average Bonchev–Trinajstić information content (AvgIpc) is 2.40. The van der Waals surface area contributed by atoms with Crippen LogP contribution >= 0.6 is 0 Å². The van der Waals surface area contributed by atoms with Gasteiger partial charge in [0, 0.05) is 13.1 Å². The van der Waals surface area contributed by atoms with E-state index in [2.05, 4.69) is 29.0 Å². The molecule has 1 rings (SSSR count). The van der Waals surface area contributed by atoms with Gasteiger partial charge < -0.3 is 9.64 Å². The highest BCUT2D eigenvalue weighted by Crippen LogP contribution is 2.16. The molecule has 1 aromatic heterocycles. The van der Waals surface area contributed by atoms with Gasteiger partial charge in [0.15, 0.2) is 0 Å². The summed E-state index contributed by atoms with van der Waals surface area (Å²) in [5, 5.41) is 2.58. The Morgan fingerprint density at radius 3 is 2.42 bits per heavy atom. The highest BCUT2D eigenvalue weighted by molar-refractivity contribution is 5.83. The number of ether oxygens (including phenoxy) is 1. The number of hydrogen-bond donors (Lipinski definition) is 1. The van der Waals surface area contributed by atoms with Crippen LogP contribution in [0.25, 0.3) is 0 Å². The molecule has 1 amide bonds. The lowest BCUT2D eigenvalue weighted by Crippen LogP contribution is -2.25. The van der Waals surface area contributed by atoms with Gasteiger partial charge in [-0.25, -0.2) is 9.78 Å². The molecule has 0 unspecified atom stereocenters. The van der Waals surface area contributed by atoms with Crippen LogP contribution in [0, 0.1) is 0 Å². The van der Waals surface area contributed by atoms with Gasteiger partial charge >= 0.3 is 6.09 Å². The molecule has 0 spiro atoms. The maximum absolute atomic E-state index is 11.3. The summed E-state index contributed by atoms with van der Waals surface area (Å²) in [6.07, 6.45) is 3.51. The molecule has 0 saturated heterocycles. The summed E-state index contributed by atoms with van der Waals surface area (Å²) in [5.74, 6) is 0.509. The molecule has 0 fully saturated rings. The number of aromatic nitrogens is 1. The van der Waals surface area contributed by atoms with E-state index >= 15 is 0 Å². The number of carbonyl (C=O) groups is 1. The molecule has 0 aliphatic carbocycles. The lowest BCUT2D eigenvalue weighted by molar-refractivity contribution is 0.168. The first-order valence-electron chi connectivity index (χ1n) is 6.86. The topological polar surface area (TPSA) is 54.5 Å². The quantitative estimate of drug-likeness (QED) is 0.822. The van der Waals surface area contributed by atoms with Crippen molar-refractivity contribution in [2.75, 3.05) is 29.9 Å². The van der Waals surface area contributed by atoms with Crippen LogP contribution in [0.3, 0.4) is 0 Å². The Kier molecular flexibility index (Phi) is 6.71. The zero-order valence-corrected chi connectivity index (χ0v) is 12.0. The number of hydrogen-bond acceptors (Lipinski definition) is 4. The molecule has 0 aliphatic rings. The summed E-state index contributed by atoms with van der Waals surface area (Å²) in [5.41, 5.74) is 1.08. The molecule has 1 heterocycles. The zero-order chi connectivity index (χ0) is 14.1. The first-order chi connectivity index (χ1) is 9.21. The number of anilines is 2. The molecular weight excluding hydrogens is 242 g/mol. The summed E-state index contributed by atoms with van der Waals surface area (Å²) in [6.45, 7) is 8.47. The maximum Gasteiger partial charge on any atom is 0.412 e. The molecule has 19 heavy (non-hydrogen) atoms. The molecule has 106 valence electrons. The fraction of sp³-hybridized carbons (Fsp3) is 0.571. The van der Waals surface area contributed by atoms with Gasteiger partial charge in [-0.05, 0) is 31.9 Å². The Morgan fingerprint density at radius 1 is 1.26 bits per heavy atom. The molecule has 0 aromatic carbocycles. The van der Waals surface area contributed by atoms with Crippen molar-refractivity contribution in [2.45, 2.75) is 33.6 Å². The third-order valence-corrected chi connectivity index (χ3v) is 2.61. The molecule has 0 saturated carbocycles. The number of carbonyl (C=O) groups excluding carboxylic acids is 1.